The molecule has 0 bridgehead atoms. The molecule has 0 fully saturated rings. The number of hydrogen-bond donors (Lipinski definition) is 1. The maximum atomic E-state index is 6.11. The fourth-order valence-corrected chi connectivity index (χ4v) is 2.97. The van der Waals surface area contributed by atoms with Gasteiger partial charge in [-0.1, -0.05) is 54.6 Å². The molecule has 2 aromatic rings. The van der Waals surface area contributed by atoms with Crippen molar-refractivity contribution in [2.75, 3.05) is 0 Å². The summed E-state index contributed by atoms with van der Waals surface area (Å²) in [5.74, 6) is 0. The van der Waals surface area contributed by atoms with Crippen LogP contribution in [-0.4, -0.2) is 6.04 Å². The first-order valence-corrected chi connectivity index (χ1v) is 7.58. The van der Waals surface area contributed by atoms with Gasteiger partial charge in [0.05, 0.1) is 0 Å². The van der Waals surface area contributed by atoms with E-state index in [1.54, 1.807) is 0 Å². The van der Waals surface area contributed by atoms with Crippen LogP contribution in [0, 0.1) is 6.92 Å². The van der Waals surface area contributed by atoms with E-state index in [1.807, 2.05) is 17.8 Å². The average molecular weight is 271 g/mol. The van der Waals surface area contributed by atoms with Crippen LogP contribution in [0.1, 0.15) is 24.5 Å². The lowest BCUT2D eigenvalue weighted by atomic mass is 10.0. The summed E-state index contributed by atoms with van der Waals surface area (Å²) in [6, 6.07) is 17.4. The molecule has 0 amide bonds. The van der Waals surface area contributed by atoms with Crippen LogP contribution in [0.4, 0.5) is 0 Å². The number of rotatable bonds is 5. The second kappa shape index (κ2) is 6.78. The number of hydrogen-bond acceptors (Lipinski definition) is 2. The molecule has 100 valence electrons. The van der Waals surface area contributed by atoms with Crippen LogP contribution in [-0.2, 0) is 6.42 Å². The molecule has 1 unspecified atom stereocenters. The van der Waals surface area contributed by atoms with Gasteiger partial charge < -0.3 is 5.73 Å². The fourth-order valence-electron chi connectivity index (χ4n) is 2.01. The van der Waals surface area contributed by atoms with Gasteiger partial charge in [-0.15, -0.1) is 0 Å². The lowest BCUT2D eigenvalue weighted by Crippen LogP contribution is -2.21. The SMILES string of the molecule is CCC(N)Cc1cc(C)ccc1Sc1ccccc1. The van der Waals surface area contributed by atoms with Crippen molar-refractivity contribution in [1.29, 1.82) is 0 Å². The Morgan fingerprint density at radius 1 is 1.11 bits per heavy atom. The third-order valence-corrected chi connectivity index (χ3v) is 4.32. The topological polar surface area (TPSA) is 26.0 Å². The largest absolute Gasteiger partial charge is 0.327 e. The predicted octanol–water partition coefficient (Wildman–Crippen LogP) is 4.43. The summed E-state index contributed by atoms with van der Waals surface area (Å²) >= 11 is 1.82. The molecular weight excluding hydrogens is 250 g/mol. The van der Waals surface area contributed by atoms with E-state index in [0.717, 1.165) is 12.8 Å². The zero-order chi connectivity index (χ0) is 13.7. The third-order valence-electron chi connectivity index (χ3n) is 3.19. The molecule has 0 saturated heterocycles. The number of nitrogens with two attached hydrogens (primary N) is 1. The van der Waals surface area contributed by atoms with Gasteiger partial charge in [0.15, 0.2) is 0 Å². The molecule has 0 spiro atoms. The maximum Gasteiger partial charge on any atom is 0.0155 e. The Balaban J connectivity index is 2.24. The van der Waals surface area contributed by atoms with E-state index < -0.39 is 0 Å². The molecular formula is C17H21NS. The maximum absolute atomic E-state index is 6.11. The second-order valence-corrected chi connectivity index (χ2v) is 6.01. The second-order valence-electron chi connectivity index (χ2n) is 4.90. The van der Waals surface area contributed by atoms with E-state index in [2.05, 4.69) is 56.3 Å². The highest BCUT2D eigenvalue weighted by Crippen LogP contribution is 2.31. The Morgan fingerprint density at radius 2 is 1.84 bits per heavy atom. The Labute approximate surface area is 120 Å². The minimum atomic E-state index is 0.247. The van der Waals surface area contributed by atoms with E-state index in [4.69, 9.17) is 5.73 Å². The molecule has 0 saturated carbocycles. The van der Waals surface area contributed by atoms with Crippen LogP contribution >= 0.6 is 11.8 Å². The zero-order valence-corrected chi connectivity index (χ0v) is 12.4. The molecule has 0 aliphatic rings. The van der Waals surface area contributed by atoms with Gasteiger partial charge in [-0.25, -0.2) is 0 Å². The first-order valence-electron chi connectivity index (χ1n) is 6.77. The molecule has 0 aromatic heterocycles. The Morgan fingerprint density at radius 3 is 2.53 bits per heavy atom. The fraction of sp³-hybridized carbons (Fsp3) is 0.294. The summed E-state index contributed by atoms with van der Waals surface area (Å²) < 4.78 is 0. The lowest BCUT2D eigenvalue weighted by Gasteiger charge is -2.14. The van der Waals surface area contributed by atoms with Gasteiger partial charge in [0, 0.05) is 15.8 Å². The van der Waals surface area contributed by atoms with Gasteiger partial charge in [0.25, 0.3) is 0 Å². The molecule has 19 heavy (non-hydrogen) atoms. The molecule has 2 rings (SSSR count). The van der Waals surface area contributed by atoms with Gasteiger partial charge in [-0.3, -0.25) is 0 Å². The van der Waals surface area contributed by atoms with Crippen LogP contribution in [0.2, 0.25) is 0 Å². The highest BCUT2D eigenvalue weighted by Gasteiger charge is 2.08. The van der Waals surface area contributed by atoms with Crippen molar-refractivity contribution in [3.05, 3.63) is 59.7 Å². The first-order chi connectivity index (χ1) is 9.19. The monoisotopic (exact) mass is 271 g/mol. The normalized spacial score (nSPS) is 12.4. The third kappa shape index (κ3) is 4.12. The van der Waals surface area contributed by atoms with Crippen LogP contribution in [0.15, 0.2) is 58.3 Å². The summed E-state index contributed by atoms with van der Waals surface area (Å²) in [5, 5.41) is 0. The smallest absolute Gasteiger partial charge is 0.0155 e. The van der Waals surface area contributed by atoms with E-state index in [9.17, 15) is 0 Å². The number of benzene rings is 2. The summed E-state index contributed by atoms with van der Waals surface area (Å²) in [4.78, 5) is 2.60. The molecule has 1 atom stereocenters. The van der Waals surface area contributed by atoms with Crippen molar-refractivity contribution in [2.24, 2.45) is 5.73 Å². The summed E-state index contributed by atoms with van der Waals surface area (Å²) in [7, 11) is 0. The van der Waals surface area contributed by atoms with E-state index in [0.29, 0.717) is 0 Å². The van der Waals surface area contributed by atoms with Gasteiger partial charge in [0.1, 0.15) is 0 Å². The highest BCUT2D eigenvalue weighted by atomic mass is 32.2. The molecule has 0 aliphatic carbocycles. The van der Waals surface area contributed by atoms with Gasteiger partial charge in [-0.2, -0.15) is 0 Å². The summed E-state index contributed by atoms with van der Waals surface area (Å²) in [6.45, 7) is 4.28. The van der Waals surface area contributed by atoms with Crippen LogP contribution in [0.3, 0.4) is 0 Å². The van der Waals surface area contributed by atoms with Crippen molar-refractivity contribution in [3.8, 4) is 0 Å². The molecule has 0 radical (unpaired) electrons. The molecule has 2 heteroatoms. The zero-order valence-electron chi connectivity index (χ0n) is 11.6. The van der Waals surface area contributed by atoms with Gasteiger partial charge in [0.2, 0.25) is 0 Å². The molecule has 1 nitrogen and oxygen atoms in total. The van der Waals surface area contributed by atoms with Crippen molar-refractivity contribution >= 4 is 11.8 Å². The van der Waals surface area contributed by atoms with Gasteiger partial charge in [-0.05, 0) is 43.5 Å². The molecule has 0 heterocycles. The Hall–Kier alpha value is -1.25. The minimum absolute atomic E-state index is 0.247. The van der Waals surface area contributed by atoms with Crippen molar-refractivity contribution < 1.29 is 0 Å². The van der Waals surface area contributed by atoms with Gasteiger partial charge >= 0.3 is 0 Å². The average Bonchev–Trinajstić information content (AvgIpc) is 2.43. The summed E-state index contributed by atoms with van der Waals surface area (Å²) in [6.07, 6.45) is 1.97. The van der Waals surface area contributed by atoms with Crippen molar-refractivity contribution in [2.45, 2.75) is 42.5 Å². The van der Waals surface area contributed by atoms with Crippen LogP contribution < -0.4 is 5.73 Å². The Kier molecular flexibility index (Phi) is 5.06. The summed E-state index contributed by atoms with van der Waals surface area (Å²) in [5.41, 5.74) is 8.77. The van der Waals surface area contributed by atoms with E-state index >= 15 is 0 Å². The Bertz CT molecular complexity index is 522. The molecule has 2 aromatic carbocycles. The molecule has 2 N–H and O–H groups in total. The highest BCUT2D eigenvalue weighted by molar-refractivity contribution is 7.99. The van der Waals surface area contributed by atoms with Crippen LogP contribution in [0.5, 0.6) is 0 Å². The van der Waals surface area contributed by atoms with Crippen LogP contribution in [0.25, 0.3) is 0 Å². The minimum Gasteiger partial charge on any atom is -0.327 e. The van der Waals surface area contributed by atoms with E-state index in [1.165, 1.54) is 20.9 Å². The molecule has 0 aliphatic heterocycles. The number of aryl methyl sites for hydroxylation is 1. The quantitative estimate of drug-likeness (QED) is 0.870. The standard InChI is InChI=1S/C17H21NS/c1-3-15(18)12-14-11-13(2)9-10-17(14)19-16-7-5-4-6-8-16/h4-11,15H,3,12,18H2,1-2H3. The van der Waals surface area contributed by atoms with Crippen molar-refractivity contribution in [3.63, 3.8) is 0 Å². The predicted molar refractivity (Wildman–Crippen MR) is 83.7 cm³/mol. The van der Waals surface area contributed by atoms with Crippen molar-refractivity contribution in [1.82, 2.24) is 0 Å². The lowest BCUT2D eigenvalue weighted by molar-refractivity contribution is 0.641. The van der Waals surface area contributed by atoms with E-state index in [-0.39, 0.29) is 6.04 Å². The first kappa shape index (κ1) is 14.2.